The SMILES string of the molecule is CC#C[C@]1(O)CC[C@H]2[C@@H]3CCC4=CC(=O)CCC4=C3[C@@H](c3ccc(N(C)CCO[C@H]4CC[C@@]5(C)[C@@H](C4)C[C@@H](O)[C@@H]4[C@@H]5C[C@H](O)[C@]5(C)[C@@H](C(C)CCC(=O)O)CC[C@@H]45)cc3)C[C@@]21C. The van der Waals surface area contributed by atoms with Gasteiger partial charge in [0.2, 0.25) is 0 Å². The molecule has 0 aliphatic heterocycles. The van der Waals surface area contributed by atoms with Crippen LogP contribution in [0, 0.1) is 75.4 Å². The lowest BCUT2D eigenvalue weighted by molar-refractivity contribution is -0.209. The van der Waals surface area contributed by atoms with Gasteiger partial charge in [0.1, 0.15) is 5.60 Å². The minimum atomic E-state index is -0.985. The van der Waals surface area contributed by atoms with Crippen LogP contribution in [0.25, 0.3) is 0 Å². The molecular formula is C54H75NO7. The number of ether oxygens (including phenoxy) is 1. The highest BCUT2D eigenvalue weighted by Gasteiger charge is 2.66. The molecule has 8 aliphatic rings. The Morgan fingerprint density at radius 2 is 1.73 bits per heavy atom. The zero-order valence-electron chi connectivity index (χ0n) is 38.5. The fraction of sp³-hybridized carbons (Fsp3) is 0.741. The molecule has 0 aromatic heterocycles. The quantitative estimate of drug-likeness (QED) is 0.172. The number of nitrogens with zero attached hydrogens (tertiary/aromatic N) is 1. The molecule has 16 atom stereocenters. The molecule has 338 valence electrons. The Labute approximate surface area is 371 Å². The number of carboxylic acids is 1. The van der Waals surface area contributed by atoms with Crippen molar-refractivity contribution in [3.05, 3.63) is 52.6 Å². The van der Waals surface area contributed by atoms with E-state index in [4.69, 9.17) is 4.74 Å². The fourth-order valence-electron chi connectivity index (χ4n) is 16.6. The van der Waals surface area contributed by atoms with Crippen LogP contribution < -0.4 is 4.90 Å². The molecule has 8 aliphatic carbocycles. The highest BCUT2D eigenvalue weighted by atomic mass is 16.5. The Kier molecular flexibility index (Phi) is 11.8. The number of aliphatic hydroxyl groups excluding tert-OH is 2. The van der Waals surface area contributed by atoms with Crippen molar-refractivity contribution in [1.82, 2.24) is 0 Å². The van der Waals surface area contributed by atoms with Gasteiger partial charge in [-0.15, -0.1) is 5.92 Å². The number of hydrogen-bond acceptors (Lipinski definition) is 7. The molecule has 1 unspecified atom stereocenters. The first kappa shape index (κ1) is 44.3. The van der Waals surface area contributed by atoms with Gasteiger partial charge in [0.05, 0.1) is 24.9 Å². The van der Waals surface area contributed by atoms with Crippen molar-refractivity contribution in [3.63, 3.8) is 0 Å². The summed E-state index contributed by atoms with van der Waals surface area (Å²) in [6, 6.07) is 9.10. The summed E-state index contributed by atoms with van der Waals surface area (Å²) in [4.78, 5) is 26.2. The Morgan fingerprint density at radius 1 is 0.952 bits per heavy atom. The van der Waals surface area contributed by atoms with Crippen LogP contribution in [-0.4, -0.2) is 76.3 Å². The first-order chi connectivity index (χ1) is 29.5. The second kappa shape index (κ2) is 16.5. The summed E-state index contributed by atoms with van der Waals surface area (Å²) in [5.74, 6) is 8.46. The zero-order valence-corrected chi connectivity index (χ0v) is 38.5. The third-order valence-corrected chi connectivity index (χ3v) is 20.0. The van der Waals surface area contributed by atoms with Gasteiger partial charge < -0.3 is 30.1 Å². The van der Waals surface area contributed by atoms with Crippen molar-refractivity contribution in [2.24, 2.45) is 63.6 Å². The lowest BCUT2D eigenvalue weighted by Crippen LogP contribution is -2.62. The number of aliphatic carboxylic acids is 1. The van der Waals surface area contributed by atoms with Gasteiger partial charge in [0.15, 0.2) is 5.78 Å². The number of aliphatic hydroxyl groups is 3. The number of carboxylic acid groups (broad SMARTS) is 1. The van der Waals surface area contributed by atoms with Crippen molar-refractivity contribution in [2.75, 3.05) is 25.1 Å². The lowest BCUT2D eigenvalue weighted by atomic mass is 9.43. The Hall–Kier alpha value is -2.96. The molecule has 0 bridgehead atoms. The van der Waals surface area contributed by atoms with Crippen molar-refractivity contribution in [1.29, 1.82) is 0 Å². The molecule has 0 heterocycles. The number of anilines is 1. The number of carbonyl (C=O) groups excluding carboxylic acids is 1. The highest BCUT2D eigenvalue weighted by molar-refractivity contribution is 5.93. The van der Waals surface area contributed by atoms with Crippen LogP contribution in [0.1, 0.15) is 149 Å². The van der Waals surface area contributed by atoms with E-state index in [1.165, 1.54) is 22.3 Å². The van der Waals surface area contributed by atoms with E-state index < -0.39 is 17.7 Å². The van der Waals surface area contributed by atoms with Gasteiger partial charge in [-0.1, -0.05) is 51.3 Å². The number of fused-ring (bicyclic) bond motifs is 9. The van der Waals surface area contributed by atoms with Crippen LogP contribution in [0.5, 0.6) is 0 Å². The second-order valence-corrected chi connectivity index (χ2v) is 22.6. The van der Waals surface area contributed by atoms with Gasteiger partial charge >= 0.3 is 5.97 Å². The monoisotopic (exact) mass is 850 g/mol. The van der Waals surface area contributed by atoms with Gasteiger partial charge in [-0.3, -0.25) is 9.59 Å². The van der Waals surface area contributed by atoms with Crippen LogP contribution in [-0.2, 0) is 14.3 Å². The smallest absolute Gasteiger partial charge is 0.303 e. The zero-order chi connectivity index (χ0) is 43.9. The van der Waals surface area contributed by atoms with Gasteiger partial charge in [0.25, 0.3) is 0 Å². The first-order valence-electron chi connectivity index (χ1n) is 24.7. The maximum absolute atomic E-state index is 12.5. The van der Waals surface area contributed by atoms with E-state index in [0.717, 1.165) is 95.7 Å². The van der Waals surface area contributed by atoms with E-state index in [9.17, 15) is 30.0 Å². The maximum atomic E-state index is 12.5. The van der Waals surface area contributed by atoms with Gasteiger partial charge in [0, 0.05) is 43.5 Å². The van der Waals surface area contributed by atoms with Crippen LogP contribution in [0.3, 0.4) is 0 Å². The van der Waals surface area contributed by atoms with Crippen molar-refractivity contribution in [3.8, 4) is 11.8 Å². The Balaban J connectivity index is 0.842. The Bertz CT molecular complexity index is 2030. The topological polar surface area (TPSA) is 128 Å². The van der Waals surface area contributed by atoms with Crippen LogP contribution in [0.4, 0.5) is 5.69 Å². The maximum Gasteiger partial charge on any atom is 0.303 e. The predicted molar refractivity (Wildman–Crippen MR) is 242 cm³/mol. The number of hydrogen-bond donors (Lipinski definition) is 4. The van der Waals surface area contributed by atoms with E-state index in [2.05, 4.69) is 75.7 Å². The molecule has 0 radical (unpaired) electrons. The molecular weight excluding hydrogens is 775 g/mol. The van der Waals surface area contributed by atoms with E-state index >= 15 is 0 Å². The minimum absolute atomic E-state index is 0.0643. The average Bonchev–Trinajstić information content (AvgIpc) is 3.73. The molecule has 9 rings (SSSR count). The highest BCUT2D eigenvalue weighted by Crippen LogP contribution is 2.69. The predicted octanol–water partition coefficient (Wildman–Crippen LogP) is 9.26. The molecule has 0 amide bonds. The third kappa shape index (κ3) is 7.08. The summed E-state index contributed by atoms with van der Waals surface area (Å²) in [5.41, 5.74) is 5.16. The van der Waals surface area contributed by atoms with Crippen molar-refractivity contribution >= 4 is 17.4 Å². The molecule has 6 saturated carbocycles. The fourth-order valence-corrected chi connectivity index (χ4v) is 16.6. The van der Waals surface area contributed by atoms with Gasteiger partial charge in [-0.2, -0.15) is 0 Å². The largest absolute Gasteiger partial charge is 0.481 e. The summed E-state index contributed by atoms with van der Waals surface area (Å²) in [6.07, 6.45) is 14.6. The summed E-state index contributed by atoms with van der Waals surface area (Å²) in [5, 5.41) is 45.4. The number of allylic oxidation sites excluding steroid dienone is 4. The minimum Gasteiger partial charge on any atom is -0.481 e. The summed E-state index contributed by atoms with van der Waals surface area (Å²) < 4.78 is 6.67. The normalized spacial score (nSPS) is 43.7. The summed E-state index contributed by atoms with van der Waals surface area (Å²) in [7, 11) is 2.14. The number of benzene rings is 1. The number of likely N-dealkylation sites (N-methyl/N-ethyl adjacent to an activating group) is 1. The standard InChI is InChI=1S/C54H75NO7/c1-7-22-54(61)24-21-43-40-15-11-34-27-37(56)14-16-39(34)49(40)41(31-52(43,54)4)33-9-12-36(13-10-33)55(6)25-26-62-38-20-23-51(3)35(28-38)29-46(57)50-44-18-17-42(32(2)8-19-48(59)60)53(44,5)47(58)30-45(50)51/h9-10,12-13,27,32,35,38,40-47,50,57-58,61H,8,11,14-21,23-26,28-31H2,1-6H3,(H,59,60)/t32?,35-,38-,40-,41+,42+,43-,44-,45-,46+,47-,50-,51-,52-,53+,54-/m0/s1. The van der Waals surface area contributed by atoms with E-state index in [-0.39, 0.29) is 76.2 Å². The molecule has 62 heavy (non-hydrogen) atoms. The molecule has 4 N–H and O–H groups in total. The molecule has 6 fully saturated rings. The van der Waals surface area contributed by atoms with E-state index in [1.807, 2.05) is 13.0 Å². The number of rotatable bonds is 10. The average molecular weight is 850 g/mol. The van der Waals surface area contributed by atoms with E-state index in [0.29, 0.717) is 37.2 Å². The summed E-state index contributed by atoms with van der Waals surface area (Å²) >= 11 is 0. The number of ketones is 1. The first-order valence-corrected chi connectivity index (χ1v) is 24.7. The van der Waals surface area contributed by atoms with Crippen molar-refractivity contribution in [2.45, 2.75) is 167 Å². The molecule has 1 aromatic carbocycles. The molecule has 0 spiro atoms. The molecule has 0 saturated heterocycles. The molecule has 1 aromatic rings. The van der Waals surface area contributed by atoms with Crippen LogP contribution in [0.15, 0.2) is 47.1 Å². The van der Waals surface area contributed by atoms with E-state index in [1.54, 1.807) is 0 Å². The van der Waals surface area contributed by atoms with Gasteiger partial charge in [-0.25, -0.2) is 0 Å². The van der Waals surface area contributed by atoms with Gasteiger partial charge in [-0.05, 0) is 190 Å². The lowest BCUT2D eigenvalue weighted by Gasteiger charge is -2.63. The molecule has 8 nitrogen and oxygen atoms in total. The van der Waals surface area contributed by atoms with Crippen molar-refractivity contribution < 1.29 is 34.8 Å². The third-order valence-electron chi connectivity index (χ3n) is 20.0. The summed E-state index contributed by atoms with van der Waals surface area (Å²) in [6.45, 7) is 12.4. The van der Waals surface area contributed by atoms with Crippen LogP contribution >= 0.6 is 0 Å². The molecule has 8 heteroatoms. The van der Waals surface area contributed by atoms with Crippen LogP contribution in [0.2, 0.25) is 0 Å². The Morgan fingerprint density at radius 3 is 2.47 bits per heavy atom. The second-order valence-electron chi connectivity index (χ2n) is 22.6. The number of carbonyl (C=O) groups is 2.